The highest BCUT2D eigenvalue weighted by Crippen LogP contribution is 2.42. The van der Waals surface area contributed by atoms with E-state index in [1.54, 1.807) is 20.1 Å². The quantitative estimate of drug-likeness (QED) is 0.194. The van der Waals surface area contributed by atoms with Crippen LogP contribution < -0.4 is 20.1 Å². The number of aromatic nitrogens is 2. The van der Waals surface area contributed by atoms with E-state index in [2.05, 4.69) is 17.6 Å². The highest BCUT2D eigenvalue weighted by Gasteiger charge is 2.29. The number of esters is 1. The molecule has 0 saturated heterocycles. The first-order valence-corrected chi connectivity index (χ1v) is 16.4. The van der Waals surface area contributed by atoms with Crippen molar-refractivity contribution < 1.29 is 28.6 Å². The monoisotopic (exact) mass is 632 g/mol. The Hall–Kier alpha value is -4.34. The molecule has 1 unspecified atom stereocenters. The minimum Gasteiger partial charge on any atom is -0.496 e. The first-order chi connectivity index (χ1) is 22.2. The van der Waals surface area contributed by atoms with Gasteiger partial charge in [-0.2, -0.15) is 5.10 Å². The lowest BCUT2D eigenvalue weighted by atomic mass is 9.87. The smallest absolute Gasteiger partial charge is 0.307 e. The number of nitrogens with zero attached hydrogens (tertiary/aromatic N) is 2. The maximum absolute atomic E-state index is 13.8. The van der Waals surface area contributed by atoms with Gasteiger partial charge in [-0.05, 0) is 68.2 Å². The molecule has 10 heteroatoms. The Kier molecular flexibility index (Phi) is 12.6. The molecule has 2 N–H and O–H groups in total. The summed E-state index contributed by atoms with van der Waals surface area (Å²) in [6.07, 6.45) is 4.23. The van der Waals surface area contributed by atoms with Gasteiger partial charge in [0.05, 0.1) is 37.4 Å². The van der Waals surface area contributed by atoms with Crippen molar-refractivity contribution in [1.82, 2.24) is 20.4 Å². The third kappa shape index (κ3) is 9.34. The summed E-state index contributed by atoms with van der Waals surface area (Å²) >= 11 is 0. The third-order valence-corrected chi connectivity index (χ3v) is 8.48. The average Bonchev–Trinajstić information content (AvgIpc) is 3.49. The zero-order chi connectivity index (χ0) is 33.1. The number of nitrogens with one attached hydrogen (secondary N) is 2. The van der Waals surface area contributed by atoms with Crippen molar-refractivity contribution in [2.45, 2.75) is 84.9 Å². The number of amides is 2. The van der Waals surface area contributed by atoms with Crippen LogP contribution in [0.1, 0.15) is 88.3 Å². The van der Waals surface area contributed by atoms with Gasteiger partial charge >= 0.3 is 5.97 Å². The van der Waals surface area contributed by atoms with Crippen LogP contribution in [0.5, 0.6) is 11.5 Å². The van der Waals surface area contributed by atoms with Crippen LogP contribution >= 0.6 is 0 Å². The largest absolute Gasteiger partial charge is 0.496 e. The molecular formula is C36H48N4O6. The van der Waals surface area contributed by atoms with Crippen LogP contribution in [0, 0.1) is 11.8 Å². The summed E-state index contributed by atoms with van der Waals surface area (Å²) in [7, 11) is 1.63. The van der Waals surface area contributed by atoms with Crippen molar-refractivity contribution in [3.8, 4) is 22.8 Å². The van der Waals surface area contributed by atoms with Crippen molar-refractivity contribution in [3.63, 3.8) is 0 Å². The van der Waals surface area contributed by atoms with E-state index < -0.39 is 6.04 Å². The Morgan fingerprint density at radius 1 is 1.00 bits per heavy atom. The van der Waals surface area contributed by atoms with Crippen molar-refractivity contribution in [2.75, 3.05) is 20.3 Å². The van der Waals surface area contributed by atoms with E-state index in [-0.39, 0.29) is 54.8 Å². The summed E-state index contributed by atoms with van der Waals surface area (Å²) in [5.74, 6) is 0.919. The van der Waals surface area contributed by atoms with Gasteiger partial charge in [0, 0.05) is 19.0 Å². The molecule has 2 amide bonds. The van der Waals surface area contributed by atoms with E-state index in [1.807, 2.05) is 67.1 Å². The van der Waals surface area contributed by atoms with Gasteiger partial charge in [-0.3, -0.25) is 19.1 Å². The summed E-state index contributed by atoms with van der Waals surface area (Å²) in [5, 5.41) is 10.7. The summed E-state index contributed by atoms with van der Waals surface area (Å²) in [6.45, 7) is 8.77. The van der Waals surface area contributed by atoms with E-state index in [0.29, 0.717) is 30.6 Å². The Bertz CT molecular complexity index is 1450. The molecule has 0 aliphatic heterocycles. The van der Waals surface area contributed by atoms with Crippen LogP contribution in [0.15, 0.2) is 54.6 Å². The van der Waals surface area contributed by atoms with Crippen LogP contribution in [0.4, 0.5) is 0 Å². The molecule has 1 aliphatic carbocycles. The molecule has 3 aromatic rings. The zero-order valence-electron chi connectivity index (χ0n) is 27.7. The predicted octanol–water partition coefficient (Wildman–Crippen LogP) is 6.10. The number of methoxy groups -OCH3 is 1. The number of hydrogen-bond acceptors (Lipinski definition) is 7. The van der Waals surface area contributed by atoms with Gasteiger partial charge in [0.15, 0.2) is 5.69 Å². The summed E-state index contributed by atoms with van der Waals surface area (Å²) in [5.41, 5.74) is 2.80. The molecule has 46 heavy (non-hydrogen) atoms. The molecular weight excluding hydrogens is 584 g/mol. The molecule has 2 aromatic carbocycles. The first-order valence-electron chi connectivity index (χ1n) is 16.4. The van der Waals surface area contributed by atoms with Gasteiger partial charge in [0.1, 0.15) is 18.1 Å². The van der Waals surface area contributed by atoms with E-state index in [0.717, 1.165) is 42.5 Å². The molecule has 10 nitrogen and oxygen atoms in total. The SMILES string of the molecule is CCOC(=O)CCNC(=O)CC(NC(=O)c1cc(-c2c(OC)cccc2OCc2ccccc2)n(C2CCC(C)CC2)n1)C(C)C. The normalized spacial score (nSPS) is 16.8. The summed E-state index contributed by atoms with van der Waals surface area (Å²) < 4.78 is 19.1. The van der Waals surface area contributed by atoms with Crippen molar-refractivity contribution >= 4 is 17.8 Å². The van der Waals surface area contributed by atoms with E-state index >= 15 is 0 Å². The number of ether oxygens (including phenoxy) is 3. The third-order valence-electron chi connectivity index (χ3n) is 8.48. The average molecular weight is 633 g/mol. The van der Waals surface area contributed by atoms with Gasteiger partial charge in [-0.25, -0.2) is 0 Å². The Labute approximate surface area is 272 Å². The second-order valence-electron chi connectivity index (χ2n) is 12.3. The number of benzene rings is 2. The van der Waals surface area contributed by atoms with Crippen LogP contribution in [0.2, 0.25) is 0 Å². The molecule has 1 fully saturated rings. The molecule has 0 spiro atoms. The van der Waals surface area contributed by atoms with Crippen molar-refractivity contribution in [2.24, 2.45) is 11.8 Å². The second-order valence-corrected chi connectivity index (χ2v) is 12.3. The van der Waals surface area contributed by atoms with E-state index in [9.17, 15) is 14.4 Å². The van der Waals surface area contributed by atoms with Gasteiger partial charge in [-0.15, -0.1) is 0 Å². The Morgan fingerprint density at radius 2 is 1.72 bits per heavy atom. The Balaban J connectivity index is 1.60. The van der Waals surface area contributed by atoms with E-state index in [4.69, 9.17) is 19.3 Å². The molecule has 4 rings (SSSR count). The highest BCUT2D eigenvalue weighted by molar-refractivity contribution is 5.94. The fraction of sp³-hybridized carbons (Fsp3) is 0.500. The fourth-order valence-corrected chi connectivity index (χ4v) is 5.75. The van der Waals surface area contributed by atoms with Gasteiger partial charge in [0.2, 0.25) is 5.91 Å². The molecule has 1 heterocycles. The summed E-state index contributed by atoms with van der Waals surface area (Å²) in [6, 6.07) is 17.1. The lowest BCUT2D eigenvalue weighted by molar-refractivity contribution is -0.143. The predicted molar refractivity (Wildman–Crippen MR) is 177 cm³/mol. The summed E-state index contributed by atoms with van der Waals surface area (Å²) in [4.78, 5) is 38.1. The molecule has 1 aromatic heterocycles. The standard InChI is InChI=1S/C36H48N4O6/c1-6-45-34(42)19-20-37-33(41)22-28(24(2)3)38-36(43)29-21-30(40(39-29)27-17-15-25(4)16-18-27)35-31(44-5)13-10-14-32(35)46-23-26-11-8-7-9-12-26/h7-14,21,24-25,27-28H,6,15-20,22-23H2,1-5H3,(H,37,41)(H,38,43). The minimum atomic E-state index is -0.435. The second kappa shape index (κ2) is 16.8. The molecule has 1 atom stereocenters. The number of carbonyl (C=O) groups excluding carboxylic acids is 3. The minimum absolute atomic E-state index is 0.0200. The van der Waals surface area contributed by atoms with Crippen LogP contribution in [0.3, 0.4) is 0 Å². The van der Waals surface area contributed by atoms with Gasteiger partial charge in [0.25, 0.3) is 5.91 Å². The molecule has 0 bridgehead atoms. The van der Waals surface area contributed by atoms with Crippen molar-refractivity contribution in [1.29, 1.82) is 0 Å². The fourth-order valence-electron chi connectivity index (χ4n) is 5.75. The number of carbonyl (C=O) groups is 3. The lowest BCUT2D eigenvalue weighted by Crippen LogP contribution is -2.42. The lowest BCUT2D eigenvalue weighted by Gasteiger charge is -2.28. The van der Waals surface area contributed by atoms with Crippen molar-refractivity contribution in [3.05, 3.63) is 65.9 Å². The molecule has 248 valence electrons. The topological polar surface area (TPSA) is 121 Å². The Morgan fingerprint density at radius 3 is 2.39 bits per heavy atom. The maximum atomic E-state index is 13.8. The maximum Gasteiger partial charge on any atom is 0.307 e. The van der Waals surface area contributed by atoms with Crippen LogP contribution in [-0.2, 0) is 20.9 Å². The first kappa shape index (κ1) is 34.5. The highest BCUT2D eigenvalue weighted by atomic mass is 16.5. The van der Waals surface area contributed by atoms with Gasteiger partial charge < -0.3 is 24.8 Å². The van der Waals surface area contributed by atoms with Crippen LogP contribution in [0.25, 0.3) is 11.3 Å². The zero-order valence-corrected chi connectivity index (χ0v) is 27.7. The number of rotatable bonds is 15. The van der Waals surface area contributed by atoms with Crippen LogP contribution in [-0.4, -0.2) is 53.9 Å². The molecule has 1 saturated carbocycles. The van der Waals surface area contributed by atoms with E-state index in [1.165, 1.54) is 0 Å². The molecule has 1 aliphatic rings. The number of hydrogen-bond donors (Lipinski definition) is 2. The molecule has 0 radical (unpaired) electrons. The van der Waals surface area contributed by atoms with Gasteiger partial charge in [-0.1, -0.05) is 57.2 Å².